The fourth-order valence-electron chi connectivity index (χ4n) is 0.995. The first kappa shape index (κ1) is 7.82. The summed E-state index contributed by atoms with van der Waals surface area (Å²) in [5, 5.41) is 0. The van der Waals surface area contributed by atoms with Crippen LogP contribution in [0, 0.1) is 0 Å². The van der Waals surface area contributed by atoms with Gasteiger partial charge in [0, 0.05) is 0 Å². The second kappa shape index (κ2) is 3.78. The van der Waals surface area contributed by atoms with Gasteiger partial charge in [-0.15, -0.1) is 6.58 Å². The van der Waals surface area contributed by atoms with Gasteiger partial charge in [0.2, 0.25) is 0 Å². The highest BCUT2D eigenvalue weighted by Gasteiger charge is 1.95. The molecule has 2 heteroatoms. The van der Waals surface area contributed by atoms with Crippen molar-refractivity contribution in [2.75, 3.05) is 5.43 Å². The van der Waals surface area contributed by atoms with Gasteiger partial charge in [0.05, 0.1) is 5.69 Å². The lowest BCUT2D eigenvalue weighted by atomic mass is 10.1. The minimum Gasteiger partial charge on any atom is -0.324 e. The van der Waals surface area contributed by atoms with Gasteiger partial charge in [0.1, 0.15) is 0 Å². The molecule has 0 saturated heterocycles. The standard InChI is InChI=1S/C9H12N2/c1-2-5-8-6-3-4-7-9(8)11-10/h2-4,6-7,11H,1,5,10H2. The zero-order valence-corrected chi connectivity index (χ0v) is 6.38. The minimum absolute atomic E-state index is 0.848. The molecule has 0 heterocycles. The van der Waals surface area contributed by atoms with Crippen LogP contribution in [0.15, 0.2) is 36.9 Å². The van der Waals surface area contributed by atoms with Gasteiger partial charge < -0.3 is 5.43 Å². The molecule has 1 aromatic carbocycles. The quantitative estimate of drug-likeness (QED) is 0.389. The summed E-state index contributed by atoms with van der Waals surface area (Å²) in [7, 11) is 0. The van der Waals surface area contributed by atoms with Crippen LogP contribution in [0.5, 0.6) is 0 Å². The molecule has 0 aliphatic heterocycles. The number of allylic oxidation sites excluding steroid dienone is 1. The van der Waals surface area contributed by atoms with E-state index in [-0.39, 0.29) is 0 Å². The Labute approximate surface area is 66.7 Å². The van der Waals surface area contributed by atoms with Crippen molar-refractivity contribution in [3.05, 3.63) is 42.5 Å². The van der Waals surface area contributed by atoms with Gasteiger partial charge in [-0.25, -0.2) is 0 Å². The first-order valence-electron chi connectivity index (χ1n) is 3.54. The van der Waals surface area contributed by atoms with E-state index in [0.717, 1.165) is 12.1 Å². The van der Waals surface area contributed by atoms with E-state index in [1.165, 1.54) is 5.56 Å². The Hall–Kier alpha value is -1.28. The fraction of sp³-hybridized carbons (Fsp3) is 0.111. The highest BCUT2D eigenvalue weighted by Crippen LogP contribution is 2.13. The average Bonchev–Trinajstić information content (AvgIpc) is 2.06. The van der Waals surface area contributed by atoms with E-state index in [0.29, 0.717) is 0 Å². The third-order valence-electron chi connectivity index (χ3n) is 1.54. The second-order valence-electron chi connectivity index (χ2n) is 2.29. The first-order valence-corrected chi connectivity index (χ1v) is 3.54. The number of para-hydroxylation sites is 1. The largest absolute Gasteiger partial charge is 0.324 e. The van der Waals surface area contributed by atoms with Crippen LogP contribution in [0.3, 0.4) is 0 Å². The van der Waals surface area contributed by atoms with Crippen LogP contribution in [0.2, 0.25) is 0 Å². The summed E-state index contributed by atoms with van der Waals surface area (Å²) in [4.78, 5) is 0. The smallest absolute Gasteiger partial charge is 0.0520 e. The van der Waals surface area contributed by atoms with Crippen molar-refractivity contribution in [3.8, 4) is 0 Å². The Kier molecular flexibility index (Phi) is 2.69. The molecule has 0 spiro atoms. The molecule has 0 aromatic heterocycles. The van der Waals surface area contributed by atoms with Crippen molar-refractivity contribution in [2.45, 2.75) is 6.42 Å². The van der Waals surface area contributed by atoms with Crippen LogP contribution >= 0.6 is 0 Å². The van der Waals surface area contributed by atoms with E-state index >= 15 is 0 Å². The van der Waals surface area contributed by atoms with Gasteiger partial charge in [-0.3, -0.25) is 5.84 Å². The number of benzene rings is 1. The molecule has 0 aliphatic carbocycles. The highest BCUT2D eigenvalue weighted by atomic mass is 15.2. The van der Waals surface area contributed by atoms with Gasteiger partial charge in [0.25, 0.3) is 0 Å². The summed E-state index contributed by atoms with van der Waals surface area (Å²) < 4.78 is 0. The molecule has 0 atom stereocenters. The molecule has 58 valence electrons. The summed E-state index contributed by atoms with van der Waals surface area (Å²) >= 11 is 0. The second-order valence-corrected chi connectivity index (χ2v) is 2.29. The van der Waals surface area contributed by atoms with Crippen LogP contribution in [-0.4, -0.2) is 0 Å². The molecular formula is C9H12N2. The number of rotatable bonds is 3. The molecule has 1 rings (SSSR count). The Morgan fingerprint density at radius 2 is 2.18 bits per heavy atom. The highest BCUT2D eigenvalue weighted by molar-refractivity contribution is 5.50. The third kappa shape index (κ3) is 1.82. The molecule has 11 heavy (non-hydrogen) atoms. The summed E-state index contributed by atoms with van der Waals surface area (Å²) in [6, 6.07) is 7.90. The topological polar surface area (TPSA) is 38.0 Å². The molecule has 0 bridgehead atoms. The Morgan fingerprint density at radius 1 is 1.45 bits per heavy atom. The molecule has 0 unspecified atom stereocenters. The first-order chi connectivity index (χ1) is 5.38. The summed E-state index contributed by atoms with van der Waals surface area (Å²) in [6.07, 6.45) is 2.70. The van der Waals surface area contributed by atoms with Gasteiger partial charge in [-0.05, 0) is 18.1 Å². The molecule has 1 aromatic rings. The maximum absolute atomic E-state index is 5.30. The number of nitrogen functional groups attached to an aromatic ring is 1. The van der Waals surface area contributed by atoms with Crippen LogP contribution in [0.1, 0.15) is 5.56 Å². The summed E-state index contributed by atoms with van der Waals surface area (Å²) in [6.45, 7) is 3.66. The number of nitrogens with one attached hydrogen (secondary N) is 1. The van der Waals surface area contributed by atoms with E-state index < -0.39 is 0 Å². The van der Waals surface area contributed by atoms with Crippen molar-refractivity contribution in [2.24, 2.45) is 5.84 Å². The zero-order chi connectivity index (χ0) is 8.10. The number of nitrogens with two attached hydrogens (primary N) is 1. The maximum Gasteiger partial charge on any atom is 0.0520 e. The molecule has 3 N–H and O–H groups in total. The van der Waals surface area contributed by atoms with E-state index in [4.69, 9.17) is 5.84 Å². The number of hydrogen-bond acceptors (Lipinski definition) is 2. The van der Waals surface area contributed by atoms with Crippen LogP contribution in [-0.2, 0) is 6.42 Å². The number of anilines is 1. The molecule has 0 fully saturated rings. The van der Waals surface area contributed by atoms with Gasteiger partial charge in [-0.1, -0.05) is 24.3 Å². The zero-order valence-electron chi connectivity index (χ0n) is 6.38. The van der Waals surface area contributed by atoms with E-state index in [1.54, 1.807) is 0 Å². The van der Waals surface area contributed by atoms with Crippen molar-refractivity contribution in [1.82, 2.24) is 0 Å². The van der Waals surface area contributed by atoms with E-state index in [2.05, 4.69) is 12.0 Å². The predicted molar refractivity (Wildman–Crippen MR) is 48.2 cm³/mol. The Balaban J connectivity index is 2.92. The third-order valence-corrected chi connectivity index (χ3v) is 1.54. The van der Waals surface area contributed by atoms with Crippen LogP contribution < -0.4 is 11.3 Å². The predicted octanol–water partition coefficient (Wildman–Crippen LogP) is 1.70. The lowest BCUT2D eigenvalue weighted by Crippen LogP contribution is -2.08. The van der Waals surface area contributed by atoms with Gasteiger partial charge in [0.15, 0.2) is 0 Å². The summed E-state index contributed by atoms with van der Waals surface area (Å²) in [5.74, 6) is 5.30. The van der Waals surface area contributed by atoms with Crippen molar-refractivity contribution < 1.29 is 0 Å². The van der Waals surface area contributed by atoms with Crippen LogP contribution in [0.25, 0.3) is 0 Å². The van der Waals surface area contributed by atoms with E-state index in [9.17, 15) is 0 Å². The van der Waals surface area contributed by atoms with Gasteiger partial charge in [-0.2, -0.15) is 0 Å². The van der Waals surface area contributed by atoms with Gasteiger partial charge >= 0.3 is 0 Å². The number of hydrogen-bond donors (Lipinski definition) is 2. The van der Waals surface area contributed by atoms with Crippen molar-refractivity contribution in [3.63, 3.8) is 0 Å². The minimum atomic E-state index is 0.848. The molecular weight excluding hydrogens is 136 g/mol. The SMILES string of the molecule is C=CCc1ccccc1NN. The molecule has 0 radical (unpaired) electrons. The Bertz CT molecular complexity index is 243. The average molecular weight is 148 g/mol. The van der Waals surface area contributed by atoms with Crippen LogP contribution in [0.4, 0.5) is 5.69 Å². The Morgan fingerprint density at radius 3 is 2.82 bits per heavy atom. The maximum atomic E-state index is 5.30. The molecule has 2 nitrogen and oxygen atoms in total. The van der Waals surface area contributed by atoms with Crippen molar-refractivity contribution >= 4 is 5.69 Å². The fourth-order valence-corrected chi connectivity index (χ4v) is 0.995. The molecule has 0 saturated carbocycles. The lowest BCUT2D eigenvalue weighted by molar-refractivity contribution is 1.23. The monoisotopic (exact) mass is 148 g/mol. The lowest BCUT2D eigenvalue weighted by Gasteiger charge is -2.04. The van der Waals surface area contributed by atoms with E-state index in [1.807, 2.05) is 30.3 Å². The van der Waals surface area contributed by atoms with Crippen molar-refractivity contribution in [1.29, 1.82) is 0 Å². The normalized spacial score (nSPS) is 9.18. The molecule has 0 aliphatic rings. The number of hydrazine groups is 1. The molecule has 0 amide bonds. The summed E-state index contributed by atoms with van der Waals surface area (Å²) in [5.41, 5.74) is 4.77.